The third kappa shape index (κ3) is 5.17. The van der Waals surface area contributed by atoms with Gasteiger partial charge in [-0.25, -0.2) is 14.7 Å². The Labute approximate surface area is 130 Å². The van der Waals surface area contributed by atoms with Gasteiger partial charge in [-0.15, -0.1) is 0 Å². The molecule has 0 radical (unpaired) electrons. The van der Waals surface area contributed by atoms with Gasteiger partial charge in [-0.2, -0.15) is 8.42 Å². The van der Waals surface area contributed by atoms with Crippen molar-refractivity contribution in [2.45, 2.75) is 25.4 Å². The molecule has 0 saturated heterocycles. The Morgan fingerprint density at radius 2 is 2.09 bits per heavy atom. The number of rotatable bonds is 4. The third-order valence-electron chi connectivity index (χ3n) is 2.33. The van der Waals surface area contributed by atoms with Crippen LogP contribution < -0.4 is 10.5 Å². The van der Waals surface area contributed by atoms with Crippen molar-refractivity contribution in [3.05, 3.63) is 42.6 Å². The number of nitrogens with two attached hydrogens (primary N) is 1. The van der Waals surface area contributed by atoms with Crippen LogP contribution in [-0.2, 0) is 23.6 Å². The molecule has 0 bridgehead atoms. The molecule has 8 nitrogen and oxygen atoms in total. The van der Waals surface area contributed by atoms with Crippen molar-refractivity contribution < 1.29 is 8.42 Å². The smallest absolute Gasteiger partial charge is 0.283 e. The van der Waals surface area contributed by atoms with Crippen LogP contribution in [0.4, 0.5) is 0 Å². The Morgan fingerprint density at radius 3 is 2.64 bits per heavy atom. The standard InChI is InChI=1S/C11H14N6O2S.C2H6/c1-17-7-10(15-8-17)20(18,19)16-11(12)14-6-9-4-2-3-5-13-9;1-2/h2-5,7-8H,6H2,1H3,(H3,12,14,16);1-2H3. The molecule has 0 saturated carbocycles. The maximum absolute atomic E-state index is 11.9. The molecule has 0 aliphatic carbocycles. The topological polar surface area (TPSA) is 115 Å². The number of pyridine rings is 1. The molecule has 0 fully saturated rings. The second-order valence-corrected chi connectivity index (χ2v) is 5.63. The highest BCUT2D eigenvalue weighted by molar-refractivity contribution is 7.90. The first-order valence-corrected chi connectivity index (χ1v) is 8.16. The molecule has 9 heteroatoms. The van der Waals surface area contributed by atoms with Crippen LogP contribution in [0.3, 0.4) is 0 Å². The SMILES string of the molecule is CC.Cn1cnc(S(=O)(=O)NC(N)=NCc2ccccn2)c1. The highest BCUT2D eigenvalue weighted by atomic mass is 32.2. The van der Waals surface area contributed by atoms with Gasteiger partial charge in [0.2, 0.25) is 5.96 Å². The molecule has 0 spiro atoms. The fraction of sp³-hybridized carbons (Fsp3) is 0.308. The number of guanidine groups is 1. The number of hydrogen-bond acceptors (Lipinski definition) is 5. The van der Waals surface area contributed by atoms with Gasteiger partial charge >= 0.3 is 0 Å². The number of aromatic nitrogens is 3. The summed E-state index contributed by atoms with van der Waals surface area (Å²) in [6, 6.07) is 5.36. The zero-order chi connectivity index (χ0) is 16.6. The van der Waals surface area contributed by atoms with Crippen LogP contribution in [-0.4, -0.2) is 28.9 Å². The number of imidazole rings is 1. The van der Waals surface area contributed by atoms with Gasteiger partial charge in [-0.3, -0.25) is 4.98 Å². The summed E-state index contributed by atoms with van der Waals surface area (Å²) >= 11 is 0. The summed E-state index contributed by atoms with van der Waals surface area (Å²) in [5, 5.41) is -0.115. The van der Waals surface area contributed by atoms with Gasteiger partial charge in [-0.05, 0) is 12.1 Å². The monoisotopic (exact) mass is 324 g/mol. The van der Waals surface area contributed by atoms with Crippen LogP contribution in [0.5, 0.6) is 0 Å². The first-order chi connectivity index (χ1) is 10.5. The van der Waals surface area contributed by atoms with Crippen LogP contribution >= 0.6 is 0 Å². The highest BCUT2D eigenvalue weighted by Crippen LogP contribution is 2.03. The summed E-state index contributed by atoms with van der Waals surface area (Å²) in [4.78, 5) is 11.7. The minimum absolute atomic E-state index is 0.115. The molecule has 3 N–H and O–H groups in total. The van der Waals surface area contributed by atoms with Gasteiger partial charge in [0.25, 0.3) is 10.0 Å². The van der Waals surface area contributed by atoms with Crippen molar-refractivity contribution in [2.75, 3.05) is 0 Å². The lowest BCUT2D eigenvalue weighted by Gasteiger charge is -2.04. The number of nitrogens with one attached hydrogen (secondary N) is 1. The van der Waals surface area contributed by atoms with Crippen molar-refractivity contribution in [1.82, 2.24) is 19.3 Å². The predicted octanol–water partition coefficient (Wildman–Crippen LogP) is 0.635. The molecule has 0 atom stereocenters. The molecule has 0 aromatic carbocycles. The summed E-state index contributed by atoms with van der Waals surface area (Å²) in [5.41, 5.74) is 6.24. The van der Waals surface area contributed by atoms with Gasteiger partial charge in [0.15, 0.2) is 5.03 Å². The fourth-order valence-corrected chi connectivity index (χ4v) is 2.34. The Bertz CT molecular complexity index is 709. The van der Waals surface area contributed by atoms with E-state index in [1.54, 1.807) is 25.4 Å². The Balaban J connectivity index is 0.00000116. The quantitative estimate of drug-likeness (QED) is 0.632. The summed E-state index contributed by atoms with van der Waals surface area (Å²) in [5.74, 6) is -0.207. The second kappa shape index (κ2) is 8.13. The molecule has 2 heterocycles. The fourth-order valence-electron chi connectivity index (χ4n) is 1.41. The van der Waals surface area contributed by atoms with E-state index >= 15 is 0 Å². The first-order valence-electron chi connectivity index (χ1n) is 6.68. The van der Waals surface area contributed by atoms with Gasteiger partial charge in [0.1, 0.15) is 0 Å². The van der Waals surface area contributed by atoms with E-state index in [2.05, 4.69) is 19.7 Å². The number of nitrogens with zero attached hydrogens (tertiary/aromatic N) is 4. The Hall–Kier alpha value is -2.42. The zero-order valence-electron chi connectivity index (χ0n) is 12.8. The zero-order valence-corrected chi connectivity index (χ0v) is 13.6. The number of hydrogen-bond donors (Lipinski definition) is 2. The Kier molecular flexibility index (Phi) is 6.51. The van der Waals surface area contributed by atoms with E-state index in [1.807, 2.05) is 19.9 Å². The van der Waals surface area contributed by atoms with Crippen molar-refractivity contribution in [2.24, 2.45) is 17.8 Å². The van der Waals surface area contributed by atoms with Gasteiger partial charge in [0.05, 0.1) is 18.6 Å². The highest BCUT2D eigenvalue weighted by Gasteiger charge is 2.17. The minimum Gasteiger partial charge on any atom is -0.369 e. The van der Waals surface area contributed by atoms with Gasteiger partial charge in [0, 0.05) is 19.4 Å². The molecule has 2 rings (SSSR count). The van der Waals surface area contributed by atoms with Crippen LogP contribution in [0.2, 0.25) is 0 Å². The van der Waals surface area contributed by atoms with Crippen molar-refractivity contribution >= 4 is 16.0 Å². The maximum atomic E-state index is 11.9. The molecule has 0 unspecified atom stereocenters. The van der Waals surface area contributed by atoms with Gasteiger partial charge < -0.3 is 10.3 Å². The molecule has 2 aromatic heterocycles. The van der Waals surface area contributed by atoms with Crippen molar-refractivity contribution in [1.29, 1.82) is 0 Å². The Morgan fingerprint density at radius 1 is 1.36 bits per heavy atom. The average molecular weight is 324 g/mol. The first kappa shape index (κ1) is 17.6. The molecule has 120 valence electrons. The summed E-state index contributed by atoms with van der Waals surface area (Å²) < 4.78 is 27.5. The lowest BCUT2D eigenvalue weighted by Crippen LogP contribution is -2.37. The predicted molar refractivity (Wildman–Crippen MR) is 84.4 cm³/mol. The van der Waals surface area contributed by atoms with E-state index < -0.39 is 10.0 Å². The summed E-state index contributed by atoms with van der Waals surface area (Å²) in [6.45, 7) is 4.19. The number of aliphatic imine (C=N–C) groups is 1. The van der Waals surface area contributed by atoms with E-state index in [4.69, 9.17) is 5.73 Å². The summed E-state index contributed by atoms with van der Waals surface area (Å²) in [6.07, 6.45) is 4.38. The third-order valence-corrected chi connectivity index (χ3v) is 3.57. The van der Waals surface area contributed by atoms with Crippen LogP contribution in [0.15, 0.2) is 46.9 Å². The minimum atomic E-state index is -3.80. The van der Waals surface area contributed by atoms with Crippen molar-refractivity contribution in [3.8, 4) is 0 Å². The van der Waals surface area contributed by atoms with Crippen LogP contribution in [0.1, 0.15) is 19.5 Å². The van der Waals surface area contributed by atoms with E-state index in [0.717, 1.165) is 0 Å². The van der Waals surface area contributed by atoms with E-state index in [9.17, 15) is 8.42 Å². The van der Waals surface area contributed by atoms with E-state index in [0.29, 0.717) is 5.69 Å². The van der Waals surface area contributed by atoms with Crippen molar-refractivity contribution in [3.63, 3.8) is 0 Å². The lowest BCUT2D eigenvalue weighted by molar-refractivity contribution is 0.589. The summed E-state index contributed by atoms with van der Waals surface area (Å²) in [7, 11) is -2.13. The molecule has 0 aliphatic heterocycles. The molecule has 0 aliphatic rings. The van der Waals surface area contributed by atoms with E-state index in [1.165, 1.54) is 17.1 Å². The second-order valence-electron chi connectivity index (χ2n) is 4.01. The number of sulfonamides is 1. The molecular formula is C13H20N6O2S. The van der Waals surface area contributed by atoms with Gasteiger partial charge in [-0.1, -0.05) is 19.9 Å². The molecule has 2 aromatic rings. The lowest BCUT2D eigenvalue weighted by atomic mass is 10.3. The van der Waals surface area contributed by atoms with Crippen LogP contribution in [0.25, 0.3) is 0 Å². The number of aryl methyl sites for hydroxylation is 1. The maximum Gasteiger partial charge on any atom is 0.283 e. The molecule has 0 amide bonds. The molecule has 22 heavy (non-hydrogen) atoms. The van der Waals surface area contributed by atoms with Crippen LogP contribution in [0, 0.1) is 0 Å². The molecular weight excluding hydrogens is 304 g/mol. The van der Waals surface area contributed by atoms with E-state index in [-0.39, 0.29) is 17.5 Å². The average Bonchev–Trinajstić information content (AvgIpc) is 2.95. The normalized spacial score (nSPS) is 11.5. The largest absolute Gasteiger partial charge is 0.369 e.